The number of aromatic nitrogens is 2. The second kappa shape index (κ2) is 7.46. The first-order chi connectivity index (χ1) is 13.1. The molecule has 27 heavy (non-hydrogen) atoms. The molecule has 1 unspecified atom stereocenters. The predicted octanol–water partition coefficient (Wildman–Crippen LogP) is 4.67. The Morgan fingerprint density at radius 1 is 1.30 bits per heavy atom. The van der Waals surface area contributed by atoms with Crippen molar-refractivity contribution >= 4 is 46.4 Å². The van der Waals surface area contributed by atoms with E-state index in [4.69, 9.17) is 21.1 Å². The number of nitrogens with one attached hydrogen (secondary N) is 1. The Morgan fingerprint density at radius 2 is 2.19 bits per heavy atom. The Hall–Kier alpha value is -2.77. The number of anilines is 2. The Morgan fingerprint density at radius 3 is 2.96 bits per heavy atom. The van der Waals surface area contributed by atoms with Crippen LogP contribution in [0.3, 0.4) is 0 Å². The number of fused-ring (bicyclic) bond motifs is 1. The molecule has 2 heterocycles. The van der Waals surface area contributed by atoms with Crippen molar-refractivity contribution < 1.29 is 13.9 Å². The molecule has 3 aromatic rings. The van der Waals surface area contributed by atoms with E-state index in [0.717, 1.165) is 6.42 Å². The molecule has 0 radical (unpaired) electrons. The van der Waals surface area contributed by atoms with Crippen LogP contribution in [0, 0.1) is 5.82 Å². The Kier molecular flexibility index (Phi) is 4.87. The third-order valence-electron chi connectivity index (χ3n) is 4.24. The van der Waals surface area contributed by atoms with Crippen molar-refractivity contribution in [1.82, 2.24) is 9.97 Å². The van der Waals surface area contributed by atoms with Crippen molar-refractivity contribution in [3.63, 3.8) is 0 Å². The Labute approximate surface area is 160 Å². The summed E-state index contributed by atoms with van der Waals surface area (Å²) in [6.45, 7) is 4.62. The topological polar surface area (TPSA) is 68.6 Å². The van der Waals surface area contributed by atoms with Gasteiger partial charge >= 0.3 is 0 Å². The van der Waals surface area contributed by atoms with Crippen LogP contribution in [0.15, 0.2) is 41.7 Å². The van der Waals surface area contributed by atoms with Gasteiger partial charge in [-0.1, -0.05) is 11.6 Å². The SMILES string of the molecule is C=Nc1cc(Cl)c2c(Nc3ccc(F)cc3OC3CCOC3)ncnc2c1. The fraction of sp³-hybridized carbons (Fsp3) is 0.211. The van der Waals surface area contributed by atoms with Gasteiger partial charge in [-0.05, 0) is 31.0 Å². The van der Waals surface area contributed by atoms with E-state index in [2.05, 4.69) is 27.0 Å². The minimum Gasteiger partial charge on any atom is -0.486 e. The molecule has 1 aromatic heterocycles. The molecule has 0 aliphatic carbocycles. The summed E-state index contributed by atoms with van der Waals surface area (Å²) in [6.07, 6.45) is 2.07. The monoisotopic (exact) mass is 386 g/mol. The van der Waals surface area contributed by atoms with E-state index < -0.39 is 0 Å². The maximum atomic E-state index is 13.8. The van der Waals surface area contributed by atoms with E-state index in [1.807, 2.05) is 0 Å². The minimum atomic E-state index is -0.387. The number of aliphatic imine (C=N–C) groups is 1. The Balaban J connectivity index is 1.73. The summed E-state index contributed by atoms with van der Waals surface area (Å²) in [7, 11) is 0. The smallest absolute Gasteiger partial charge is 0.146 e. The molecular weight excluding hydrogens is 371 g/mol. The average molecular weight is 387 g/mol. The van der Waals surface area contributed by atoms with Gasteiger partial charge in [0.2, 0.25) is 0 Å². The molecule has 138 valence electrons. The molecule has 1 fully saturated rings. The average Bonchev–Trinajstić information content (AvgIpc) is 3.16. The number of hydrogen-bond acceptors (Lipinski definition) is 6. The molecule has 1 atom stereocenters. The first-order valence-electron chi connectivity index (χ1n) is 8.36. The third-order valence-corrected chi connectivity index (χ3v) is 4.53. The number of nitrogens with zero attached hydrogens (tertiary/aromatic N) is 3. The molecular formula is C19H16ClFN4O2. The van der Waals surface area contributed by atoms with Gasteiger partial charge in [0, 0.05) is 12.5 Å². The summed E-state index contributed by atoms with van der Waals surface area (Å²) >= 11 is 6.40. The van der Waals surface area contributed by atoms with Crippen LogP contribution >= 0.6 is 11.6 Å². The van der Waals surface area contributed by atoms with E-state index in [-0.39, 0.29) is 11.9 Å². The van der Waals surface area contributed by atoms with Crippen molar-refractivity contribution in [3.05, 3.63) is 47.5 Å². The van der Waals surface area contributed by atoms with Crippen LogP contribution in [0.2, 0.25) is 5.02 Å². The molecule has 1 aliphatic rings. The lowest BCUT2D eigenvalue weighted by Gasteiger charge is -2.17. The molecule has 8 heteroatoms. The number of rotatable bonds is 5. The summed E-state index contributed by atoms with van der Waals surface area (Å²) in [4.78, 5) is 12.4. The lowest BCUT2D eigenvalue weighted by atomic mass is 10.2. The van der Waals surface area contributed by atoms with Crippen molar-refractivity contribution in [2.45, 2.75) is 12.5 Å². The van der Waals surface area contributed by atoms with Crippen LogP contribution in [0.1, 0.15) is 6.42 Å². The highest BCUT2D eigenvalue weighted by atomic mass is 35.5. The van der Waals surface area contributed by atoms with Gasteiger partial charge in [-0.3, -0.25) is 4.99 Å². The Bertz CT molecular complexity index is 1010. The summed E-state index contributed by atoms with van der Waals surface area (Å²) in [6, 6.07) is 7.74. The molecule has 1 aliphatic heterocycles. The molecule has 1 N–H and O–H groups in total. The highest BCUT2D eigenvalue weighted by Gasteiger charge is 2.20. The molecule has 1 saturated heterocycles. The fourth-order valence-electron chi connectivity index (χ4n) is 2.92. The second-order valence-electron chi connectivity index (χ2n) is 6.07. The summed E-state index contributed by atoms with van der Waals surface area (Å²) in [5.41, 5.74) is 1.81. The lowest BCUT2D eigenvalue weighted by molar-refractivity contribution is 0.141. The zero-order chi connectivity index (χ0) is 18.8. The fourth-order valence-corrected chi connectivity index (χ4v) is 3.22. The van der Waals surface area contributed by atoms with Crippen LogP contribution in [0.4, 0.5) is 21.6 Å². The summed E-state index contributed by atoms with van der Waals surface area (Å²) in [5, 5.41) is 4.25. The maximum absolute atomic E-state index is 13.8. The molecule has 0 spiro atoms. The third kappa shape index (κ3) is 3.70. The number of hydrogen-bond donors (Lipinski definition) is 1. The maximum Gasteiger partial charge on any atom is 0.146 e. The van der Waals surface area contributed by atoms with Gasteiger partial charge in [-0.15, -0.1) is 0 Å². The van der Waals surface area contributed by atoms with Gasteiger partial charge in [0.05, 0.1) is 40.5 Å². The second-order valence-corrected chi connectivity index (χ2v) is 6.48. The minimum absolute atomic E-state index is 0.112. The molecule has 0 bridgehead atoms. The largest absolute Gasteiger partial charge is 0.486 e. The van der Waals surface area contributed by atoms with Gasteiger partial charge in [-0.2, -0.15) is 0 Å². The van der Waals surface area contributed by atoms with Crippen molar-refractivity contribution in [1.29, 1.82) is 0 Å². The summed E-state index contributed by atoms with van der Waals surface area (Å²) < 4.78 is 25.0. The normalized spacial score (nSPS) is 16.4. The number of benzene rings is 2. The quantitative estimate of drug-likeness (QED) is 0.645. The van der Waals surface area contributed by atoms with E-state index in [1.54, 1.807) is 18.2 Å². The van der Waals surface area contributed by atoms with Crippen LogP contribution in [0.25, 0.3) is 10.9 Å². The molecule has 6 nitrogen and oxygen atoms in total. The number of halogens is 2. The van der Waals surface area contributed by atoms with Gasteiger partial charge in [0.1, 0.15) is 29.8 Å². The van der Waals surface area contributed by atoms with Crippen molar-refractivity contribution in [2.24, 2.45) is 4.99 Å². The summed E-state index contributed by atoms with van der Waals surface area (Å²) in [5.74, 6) is 0.485. The first-order valence-corrected chi connectivity index (χ1v) is 8.74. The zero-order valence-corrected chi connectivity index (χ0v) is 15.0. The van der Waals surface area contributed by atoms with Crippen molar-refractivity contribution in [3.8, 4) is 5.75 Å². The van der Waals surface area contributed by atoms with Crippen LogP contribution < -0.4 is 10.1 Å². The van der Waals surface area contributed by atoms with Gasteiger partial charge < -0.3 is 14.8 Å². The highest BCUT2D eigenvalue weighted by molar-refractivity contribution is 6.36. The first kappa shape index (κ1) is 17.6. The van der Waals surface area contributed by atoms with Gasteiger partial charge in [0.15, 0.2) is 0 Å². The van der Waals surface area contributed by atoms with Crippen molar-refractivity contribution in [2.75, 3.05) is 18.5 Å². The molecule has 2 aromatic carbocycles. The zero-order valence-electron chi connectivity index (χ0n) is 14.3. The molecule has 4 rings (SSSR count). The molecule has 0 saturated carbocycles. The lowest BCUT2D eigenvalue weighted by Crippen LogP contribution is -2.16. The van der Waals surface area contributed by atoms with E-state index in [0.29, 0.717) is 52.1 Å². The van der Waals surface area contributed by atoms with E-state index >= 15 is 0 Å². The standard InChI is InChI=1S/C19H16ClFN4O2/c1-22-12-7-14(20)18-16(8-12)23-10-24-19(18)25-15-3-2-11(21)6-17(15)27-13-4-5-26-9-13/h2-3,6-8,10,13H,1,4-5,9H2,(H,23,24,25). The van der Waals surface area contributed by atoms with Crippen LogP contribution in [-0.4, -0.2) is 36.0 Å². The van der Waals surface area contributed by atoms with Gasteiger partial charge in [0.25, 0.3) is 0 Å². The van der Waals surface area contributed by atoms with Gasteiger partial charge in [-0.25, -0.2) is 14.4 Å². The van der Waals surface area contributed by atoms with E-state index in [9.17, 15) is 4.39 Å². The van der Waals surface area contributed by atoms with Crippen LogP contribution in [0.5, 0.6) is 5.75 Å². The highest BCUT2D eigenvalue weighted by Crippen LogP contribution is 2.36. The number of ether oxygens (including phenoxy) is 2. The van der Waals surface area contributed by atoms with Crippen LogP contribution in [-0.2, 0) is 4.74 Å². The molecule has 0 amide bonds. The van der Waals surface area contributed by atoms with E-state index in [1.165, 1.54) is 18.5 Å². The predicted molar refractivity (Wildman–Crippen MR) is 103 cm³/mol.